The first-order valence-electron chi connectivity index (χ1n) is 18.0. The highest BCUT2D eigenvalue weighted by atomic mass is 14.3. The van der Waals surface area contributed by atoms with E-state index in [1.807, 2.05) is 0 Å². The van der Waals surface area contributed by atoms with Crippen molar-refractivity contribution in [1.29, 1.82) is 0 Å². The van der Waals surface area contributed by atoms with Crippen LogP contribution in [0.2, 0.25) is 0 Å². The molecule has 0 spiro atoms. The fraction of sp³-hybridized carbons (Fsp3) is 0. The lowest BCUT2D eigenvalue weighted by Crippen LogP contribution is -1.96. The molecule has 52 heavy (non-hydrogen) atoms. The second-order valence-corrected chi connectivity index (χ2v) is 13.5. The Kier molecular flexibility index (Phi) is 7.25. The van der Waals surface area contributed by atoms with Crippen molar-refractivity contribution < 1.29 is 0 Å². The lowest BCUT2D eigenvalue weighted by molar-refractivity contribution is 1.59. The topological polar surface area (TPSA) is 0 Å². The average molecular weight is 659 g/mol. The summed E-state index contributed by atoms with van der Waals surface area (Å²) >= 11 is 0. The van der Waals surface area contributed by atoms with Gasteiger partial charge in [0.25, 0.3) is 0 Å². The Morgan fingerprint density at radius 1 is 0.192 bits per heavy atom. The molecule has 0 nitrogen and oxygen atoms in total. The molecular formula is C52H34. The van der Waals surface area contributed by atoms with E-state index in [1.54, 1.807) is 0 Å². The second kappa shape index (κ2) is 12.5. The maximum absolute atomic E-state index is 2.34. The summed E-state index contributed by atoms with van der Waals surface area (Å²) < 4.78 is 0. The number of fused-ring (bicyclic) bond motifs is 4. The molecule has 0 unspecified atom stereocenters. The van der Waals surface area contributed by atoms with E-state index in [0.29, 0.717) is 0 Å². The van der Waals surface area contributed by atoms with E-state index in [4.69, 9.17) is 0 Å². The van der Waals surface area contributed by atoms with E-state index in [9.17, 15) is 0 Å². The van der Waals surface area contributed by atoms with Crippen molar-refractivity contribution in [1.82, 2.24) is 0 Å². The highest BCUT2D eigenvalue weighted by molar-refractivity contribution is 6.27. The maximum Gasteiger partial charge on any atom is -0.00137 e. The van der Waals surface area contributed by atoms with Crippen molar-refractivity contribution >= 4 is 43.1 Å². The van der Waals surface area contributed by atoms with Crippen molar-refractivity contribution in [2.24, 2.45) is 0 Å². The molecule has 10 aromatic carbocycles. The van der Waals surface area contributed by atoms with Gasteiger partial charge in [-0.2, -0.15) is 0 Å². The lowest BCUT2D eigenvalue weighted by atomic mass is 9.80. The first-order chi connectivity index (χ1) is 25.8. The summed E-state index contributed by atoms with van der Waals surface area (Å²) in [6.07, 6.45) is 0. The normalized spacial score (nSPS) is 11.5. The minimum Gasteiger partial charge on any atom is -0.0622 e. The summed E-state index contributed by atoms with van der Waals surface area (Å²) in [4.78, 5) is 0. The van der Waals surface area contributed by atoms with Crippen LogP contribution in [0.5, 0.6) is 0 Å². The predicted molar refractivity (Wildman–Crippen MR) is 224 cm³/mol. The molecule has 0 amide bonds. The Morgan fingerprint density at radius 2 is 0.596 bits per heavy atom. The fourth-order valence-electron chi connectivity index (χ4n) is 8.45. The van der Waals surface area contributed by atoms with E-state index in [2.05, 4.69) is 206 Å². The minimum absolute atomic E-state index is 1.21. The monoisotopic (exact) mass is 658 g/mol. The third-order valence-corrected chi connectivity index (χ3v) is 10.7. The van der Waals surface area contributed by atoms with Gasteiger partial charge in [-0.15, -0.1) is 0 Å². The molecule has 10 aromatic rings. The van der Waals surface area contributed by atoms with E-state index < -0.39 is 0 Å². The van der Waals surface area contributed by atoms with Crippen molar-refractivity contribution in [2.45, 2.75) is 0 Å². The molecule has 0 heterocycles. The number of hydrogen-bond donors (Lipinski definition) is 0. The zero-order valence-corrected chi connectivity index (χ0v) is 28.6. The summed E-state index contributed by atoms with van der Waals surface area (Å²) in [6, 6.07) is 75.6. The molecule has 0 aliphatic rings. The van der Waals surface area contributed by atoms with Crippen LogP contribution in [-0.2, 0) is 0 Å². The van der Waals surface area contributed by atoms with E-state index >= 15 is 0 Å². The van der Waals surface area contributed by atoms with Crippen LogP contribution in [0.4, 0.5) is 0 Å². The van der Waals surface area contributed by atoms with E-state index in [-0.39, 0.29) is 0 Å². The summed E-state index contributed by atoms with van der Waals surface area (Å²) in [5.41, 5.74) is 12.4. The highest BCUT2D eigenvalue weighted by Gasteiger charge is 2.23. The van der Waals surface area contributed by atoms with E-state index in [1.165, 1.54) is 98.7 Å². The molecule has 242 valence electrons. The van der Waals surface area contributed by atoms with Gasteiger partial charge in [0.15, 0.2) is 0 Å². The van der Waals surface area contributed by atoms with Crippen LogP contribution in [0.1, 0.15) is 0 Å². The zero-order chi connectivity index (χ0) is 34.4. The van der Waals surface area contributed by atoms with Gasteiger partial charge in [0.1, 0.15) is 0 Å². The molecule has 0 aliphatic carbocycles. The molecule has 0 heteroatoms. The van der Waals surface area contributed by atoms with Crippen LogP contribution in [0, 0.1) is 0 Å². The lowest BCUT2D eigenvalue weighted by Gasteiger charge is -2.23. The molecule has 0 N–H and O–H groups in total. The summed E-state index contributed by atoms with van der Waals surface area (Å²) in [6.45, 7) is 0. The Hall–Kier alpha value is -6.76. The number of benzene rings is 10. The SMILES string of the molecule is c1ccc(-c2ccccc2-c2cccc3c(-c4cccc5ccccc45)c4ccccc4c(-c4ccccc4-c4cccc5ccccc45)c23)cc1. The molecule has 0 saturated carbocycles. The van der Waals surface area contributed by atoms with Crippen LogP contribution in [0.25, 0.3) is 98.7 Å². The van der Waals surface area contributed by atoms with Crippen molar-refractivity contribution in [3.8, 4) is 55.6 Å². The van der Waals surface area contributed by atoms with Crippen LogP contribution in [0.3, 0.4) is 0 Å². The highest BCUT2D eigenvalue weighted by Crippen LogP contribution is 2.51. The van der Waals surface area contributed by atoms with E-state index in [0.717, 1.165) is 0 Å². The minimum atomic E-state index is 1.21. The Bertz CT molecular complexity index is 2940. The summed E-state index contributed by atoms with van der Waals surface area (Å²) in [7, 11) is 0. The van der Waals surface area contributed by atoms with Crippen LogP contribution in [-0.4, -0.2) is 0 Å². The molecule has 10 rings (SSSR count). The van der Waals surface area contributed by atoms with Crippen LogP contribution >= 0.6 is 0 Å². The third kappa shape index (κ3) is 4.84. The van der Waals surface area contributed by atoms with Gasteiger partial charge in [-0.25, -0.2) is 0 Å². The van der Waals surface area contributed by atoms with Gasteiger partial charge in [0, 0.05) is 0 Å². The first kappa shape index (κ1) is 30.1. The maximum atomic E-state index is 2.34. The molecular weight excluding hydrogens is 625 g/mol. The Balaban J connectivity index is 1.41. The third-order valence-electron chi connectivity index (χ3n) is 10.7. The quantitative estimate of drug-likeness (QED) is 0.161. The number of rotatable bonds is 5. The van der Waals surface area contributed by atoms with Gasteiger partial charge in [0.05, 0.1) is 0 Å². The van der Waals surface area contributed by atoms with Crippen LogP contribution in [0.15, 0.2) is 206 Å². The summed E-state index contributed by atoms with van der Waals surface area (Å²) in [5, 5.41) is 10.0. The first-order valence-corrected chi connectivity index (χ1v) is 18.0. The van der Waals surface area contributed by atoms with Crippen molar-refractivity contribution in [3.63, 3.8) is 0 Å². The van der Waals surface area contributed by atoms with Crippen molar-refractivity contribution in [3.05, 3.63) is 206 Å². The van der Waals surface area contributed by atoms with Crippen molar-refractivity contribution in [2.75, 3.05) is 0 Å². The largest absolute Gasteiger partial charge is 0.0622 e. The molecule has 0 aliphatic heterocycles. The molecule has 0 saturated heterocycles. The number of hydrogen-bond acceptors (Lipinski definition) is 0. The Labute approximate surface area is 303 Å². The van der Waals surface area contributed by atoms with Gasteiger partial charge < -0.3 is 0 Å². The molecule has 0 radical (unpaired) electrons. The Morgan fingerprint density at radius 3 is 1.29 bits per heavy atom. The van der Waals surface area contributed by atoms with Gasteiger partial charge in [-0.05, 0) is 98.7 Å². The van der Waals surface area contributed by atoms with Crippen LogP contribution < -0.4 is 0 Å². The molecule has 0 fully saturated rings. The average Bonchev–Trinajstić information content (AvgIpc) is 3.22. The molecule has 0 atom stereocenters. The zero-order valence-electron chi connectivity index (χ0n) is 28.6. The summed E-state index contributed by atoms with van der Waals surface area (Å²) in [5.74, 6) is 0. The van der Waals surface area contributed by atoms with Gasteiger partial charge in [-0.1, -0.05) is 206 Å². The van der Waals surface area contributed by atoms with Gasteiger partial charge >= 0.3 is 0 Å². The predicted octanol–water partition coefficient (Wildman–Crippen LogP) is 14.6. The van der Waals surface area contributed by atoms with Gasteiger partial charge in [-0.3, -0.25) is 0 Å². The molecule has 0 bridgehead atoms. The van der Waals surface area contributed by atoms with Gasteiger partial charge in [0.2, 0.25) is 0 Å². The second-order valence-electron chi connectivity index (χ2n) is 13.5. The standard InChI is InChI=1S/C52H34/c1-2-17-35(18-3-1)39-24-8-9-26-42(39)46-33-16-34-49-50(44-32-15-22-37-20-5-7-25-40(37)44)47-29-12-13-30-48(47)51(52(46)49)45-28-11-10-27-43(45)41-31-14-21-36-19-4-6-23-38(36)41/h1-34H. The fourth-order valence-corrected chi connectivity index (χ4v) is 8.45. The smallest absolute Gasteiger partial charge is 0.00137 e. The molecule has 0 aromatic heterocycles.